The van der Waals surface area contributed by atoms with Gasteiger partial charge in [-0.3, -0.25) is 9.59 Å². The van der Waals surface area contributed by atoms with Crippen molar-refractivity contribution < 1.29 is 34.1 Å². The Morgan fingerprint density at radius 1 is 1.21 bits per heavy atom. The van der Waals surface area contributed by atoms with Gasteiger partial charge in [0.05, 0.1) is 12.2 Å². The van der Waals surface area contributed by atoms with E-state index < -0.39 is 35.3 Å². The smallest absolute Gasteiger partial charge is 0.418 e. The van der Waals surface area contributed by atoms with Crippen LogP contribution in [0.3, 0.4) is 0 Å². The number of likely N-dealkylation sites (tertiary alicyclic amines) is 1. The number of carbonyl (C=O) groups excluding carboxylic acids is 3. The molecule has 1 aromatic rings. The molecule has 186 valence electrons. The number of rotatable bonds is 8. The fourth-order valence-electron chi connectivity index (χ4n) is 4.02. The number of ether oxygens (including phenoxy) is 2. The van der Waals surface area contributed by atoms with E-state index in [1.54, 1.807) is 39.8 Å². The van der Waals surface area contributed by atoms with Crippen molar-refractivity contribution >= 4 is 33.7 Å². The van der Waals surface area contributed by atoms with Gasteiger partial charge in [0.25, 0.3) is 5.91 Å². The van der Waals surface area contributed by atoms with Crippen molar-refractivity contribution in [3.63, 3.8) is 0 Å². The highest BCUT2D eigenvalue weighted by Gasteiger charge is 2.50. The molecule has 9 heteroatoms. The number of benzene rings is 1. The number of aromatic hydroxyl groups is 1. The van der Waals surface area contributed by atoms with E-state index in [4.69, 9.17) is 9.47 Å². The number of aliphatic hydroxyl groups is 1. The van der Waals surface area contributed by atoms with Gasteiger partial charge in [0, 0.05) is 17.7 Å². The number of carbonyl (C=O) groups is 3. The van der Waals surface area contributed by atoms with E-state index in [0.29, 0.717) is 12.0 Å². The van der Waals surface area contributed by atoms with E-state index in [1.165, 1.54) is 12.1 Å². The lowest BCUT2D eigenvalue weighted by Crippen LogP contribution is -2.44. The molecular formula is C25H32BrNO7. The summed E-state index contributed by atoms with van der Waals surface area (Å²) in [6.07, 6.45) is 1.70. The Morgan fingerprint density at radius 2 is 1.85 bits per heavy atom. The van der Waals surface area contributed by atoms with Crippen molar-refractivity contribution in [2.45, 2.75) is 77.2 Å². The Morgan fingerprint density at radius 3 is 2.41 bits per heavy atom. The summed E-state index contributed by atoms with van der Waals surface area (Å²) in [7, 11) is 0. The van der Waals surface area contributed by atoms with Crippen LogP contribution in [0.25, 0.3) is 0 Å². The molecule has 8 nitrogen and oxygen atoms in total. The molecule has 2 saturated heterocycles. The molecule has 2 amide bonds. The minimum absolute atomic E-state index is 0.0439. The number of phenols is 1. The summed E-state index contributed by atoms with van der Waals surface area (Å²) in [4.78, 5) is 40.3. The van der Waals surface area contributed by atoms with Gasteiger partial charge in [0.2, 0.25) is 0 Å². The fourth-order valence-corrected chi connectivity index (χ4v) is 4.59. The molecule has 2 aliphatic heterocycles. The first-order valence-electron chi connectivity index (χ1n) is 11.5. The number of epoxide rings is 1. The summed E-state index contributed by atoms with van der Waals surface area (Å²) in [5, 5.41) is 21.2. The molecule has 0 saturated carbocycles. The Labute approximate surface area is 208 Å². The van der Waals surface area contributed by atoms with Crippen molar-refractivity contribution in [3.05, 3.63) is 41.2 Å². The molecule has 2 N–H and O–H groups in total. The predicted molar refractivity (Wildman–Crippen MR) is 129 cm³/mol. The molecule has 0 spiro atoms. The second-order valence-corrected chi connectivity index (χ2v) is 10.5. The minimum Gasteiger partial charge on any atom is -0.511 e. The van der Waals surface area contributed by atoms with Gasteiger partial charge in [-0.25, -0.2) is 9.69 Å². The first-order chi connectivity index (χ1) is 15.9. The van der Waals surface area contributed by atoms with E-state index >= 15 is 0 Å². The first kappa shape index (κ1) is 26.2. The second kappa shape index (κ2) is 10.5. The molecule has 0 bridgehead atoms. The van der Waals surface area contributed by atoms with Crippen LogP contribution >= 0.6 is 15.9 Å². The fraction of sp³-hybridized carbons (Fsp3) is 0.560. The molecule has 0 radical (unpaired) electrons. The Balaban J connectivity index is 1.82. The number of amides is 2. The third kappa shape index (κ3) is 6.18. The summed E-state index contributed by atoms with van der Waals surface area (Å²) < 4.78 is 10.9. The Kier molecular flexibility index (Phi) is 8.08. The van der Waals surface area contributed by atoms with Crippen LogP contribution in [-0.4, -0.2) is 62.1 Å². The molecule has 2 aliphatic rings. The standard InChI is InChI=1S/C25H32BrNO7/c1-14(6-5-7-18-19(13-26)33-18)21(29)20-22(30)17(12-15-8-10-16(28)11-9-15)27(23(20)31)24(32)34-25(2,3)4/h8-11,14,17-19,28-29H,5-7,12-13H2,1-4H3/b21-20-/t14-,17+,18+,19+/m1/s1. The summed E-state index contributed by atoms with van der Waals surface area (Å²) in [6.45, 7) is 6.76. The number of imide groups is 1. The molecule has 1 aromatic carbocycles. The number of aliphatic hydroxyl groups excluding tert-OH is 1. The number of hydrogen-bond acceptors (Lipinski definition) is 7. The highest BCUT2D eigenvalue weighted by Crippen LogP contribution is 2.33. The lowest BCUT2D eigenvalue weighted by atomic mass is 9.94. The topological polar surface area (TPSA) is 117 Å². The van der Waals surface area contributed by atoms with Crippen molar-refractivity contribution in [1.29, 1.82) is 0 Å². The molecule has 2 heterocycles. The number of Topliss-reactive ketones (excluding diaryl/α,β-unsaturated/α-hetero) is 1. The van der Waals surface area contributed by atoms with Gasteiger partial charge in [-0.15, -0.1) is 0 Å². The summed E-state index contributed by atoms with van der Waals surface area (Å²) >= 11 is 3.38. The van der Waals surface area contributed by atoms with Gasteiger partial charge in [-0.1, -0.05) is 41.4 Å². The van der Waals surface area contributed by atoms with Crippen molar-refractivity contribution in [1.82, 2.24) is 4.90 Å². The highest BCUT2D eigenvalue weighted by molar-refractivity contribution is 9.09. The Hall–Kier alpha value is -2.39. The number of nitrogens with zero attached hydrogens (tertiary/aromatic N) is 1. The molecule has 34 heavy (non-hydrogen) atoms. The second-order valence-electron chi connectivity index (χ2n) is 9.87. The van der Waals surface area contributed by atoms with Gasteiger partial charge in [0.1, 0.15) is 28.7 Å². The zero-order chi connectivity index (χ0) is 25.2. The van der Waals surface area contributed by atoms with Gasteiger partial charge < -0.3 is 19.7 Å². The van der Waals surface area contributed by atoms with E-state index in [2.05, 4.69) is 15.9 Å². The number of halogens is 1. The predicted octanol–water partition coefficient (Wildman–Crippen LogP) is 4.43. The van der Waals surface area contributed by atoms with Crippen LogP contribution < -0.4 is 0 Å². The first-order valence-corrected chi connectivity index (χ1v) is 12.6. The number of allylic oxidation sites excluding steroid dienone is 1. The molecule has 2 fully saturated rings. The average molecular weight is 538 g/mol. The minimum atomic E-state index is -1.14. The molecular weight excluding hydrogens is 506 g/mol. The van der Waals surface area contributed by atoms with Crippen LogP contribution in [0.5, 0.6) is 5.75 Å². The largest absolute Gasteiger partial charge is 0.511 e. The number of hydrogen-bond donors (Lipinski definition) is 2. The van der Waals surface area contributed by atoms with Crippen molar-refractivity contribution in [3.8, 4) is 5.75 Å². The van der Waals surface area contributed by atoms with E-state index in [0.717, 1.165) is 23.1 Å². The monoisotopic (exact) mass is 537 g/mol. The molecule has 0 aliphatic carbocycles. The van der Waals surface area contributed by atoms with Gasteiger partial charge in [-0.05, 0) is 51.3 Å². The third-order valence-corrected chi connectivity index (χ3v) is 6.58. The molecule has 0 aromatic heterocycles. The lowest BCUT2D eigenvalue weighted by Gasteiger charge is -2.26. The zero-order valence-electron chi connectivity index (χ0n) is 19.9. The van der Waals surface area contributed by atoms with Crippen LogP contribution in [0, 0.1) is 5.92 Å². The third-order valence-electron chi connectivity index (χ3n) is 5.94. The average Bonchev–Trinajstić information content (AvgIpc) is 3.46. The number of phenolic OH excluding ortho intramolecular Hbond substituents is 1. The molecule has 3 rings (SSSR count). The lowest BCUT2D eigenvalue weighted by molar-refractivity contribution is -0.126. The SMILES string of the molecule is C[C@H](CCC[C@@H]1O[C@H]1CBr)/C(O)=C1\C(=O)[C@H](Cc2ccc(O)cc2)N(C(=O)OC(C)(C)C)C1=O. The van der Waals surface area contributed by atoms with Crippen molar-refractivity contribution in [2.75, 3.05) is 5.33 Å². The Bertz CT molecular complexity index is 966. The number of alkyl halides is 1. The number of ketones is 1. The quantitative estimate of drug-likeness (QED) is 0.165. The van der Waals surface area contributed by atoms with E-state index in [1.807, 2.05) is 0 Å². The van der Waals surface area contributed by atoms with Crippen LogP contribution in [-0.2, 0) is 25.5 Å². The zero-order valence-corrected chi connectivity index (χ0v) is 21.5. The van der Waals surface area contributed by atoms with E-state index in [9.17, 15) is 24.6 Å². The normalized spacial score (nSPS) is 24.9. The van der Waals surface area contributed by atoms with Crippen LogP contribution in [0.1, 0.15) is 52.5 Å². The maximum Gasteiger partial charge on any atom is 0.418 e. The van der Waals surface area contributed by atoms with Crippen LogP contribution in [0.4, 0.5) is 4.79 Å². The van der Waals surface area contributed by atoms with Crippen molar-refractivity contribution in [2.24, 2.45) is 5.92 Å². The maximum absolute atomic E-state index is 13.3. The van der Waals surface area contributed by atoms with Crippen LogP contribution in [0.2, 0.25) is 0 Å². The van der Waals surface area contributed by atoms with Gasteiger partial charge >= 0.3 is 6.09 Å². The van der Waals surface area contributed by atoms with Crippen LogP contribution in [0.15, 0.2) is 35.6 Å². The maximum atomic E-state index is 13.3. The summed E-state index contributed by atoms with van der Waals surface area (Å²) in [5.74, 6) is -2.13. The molecule has 4 atom stereocenters. The summed E-state index contributed by atoms with van der Waals surface area (Å²) in [5.41, 5.74) is -0.580. The van der Waals surface area contributed by atoms with Gasteiger partial charge in [0.15, 0.2) is 5.78 Å². The van der Waals surface area contributed by atoms with E-state index in [-0.39, 0.29) is 35.7 Å². The van der Waals surface area contributed by atoms with Gasteiger partial charge in [-0.2, -0.15) is 0 Å². The highest BCUT2D eigenvalue weighted by atomic mass is 79.9. The summed E-state index contributed by atoms with van der Waals surface area (Å²) in [6, 6.07) is 5.02. The molecule has 0 unspecified atom stereocenters.